The van der Waals surface area contributed by atoms with E-state index in [0.717, 1.165) is 0 Å². The summed E-state index contributed by atoms with van der Waals surface area (Å²) in [6.07, 6.45) is 0. The molecular formula is C11H15N3O4. The Kier molecular flexibility index (Phi) is 4.61. The molecule has 0 fully saturated rings. The van der Waals surface area contributed by atoms with Gasteiger partial charge in [0.2, 0.25) is 0 Å². The average Bonchev–Trinajstić information content (AvgIpc) is 2.34. The summed E-state index contributed by atoms with van der Waals surface area (Å²) in [6.45, 7) is 1.19. The van der Waals surface area contributed by atoms with E-state index in [4.69, 9.17) is 5.11 Å². The molecular weight excluding hydrogens is 238 g/mol. The Hall–Kier alpha value is -2.15. The minimum atomic E-state index is -1.30. The zero-order valence-electron chi connectivity index (χ0n) is 10.2. The van der Waals surface area contributed by atoms with E-state index in [0.29, 0.717) is 18.8 Å². The highest BCUT2D eigenvalue weighted by Crippen LogP contribution is 2.30. The van der Waals surface area contributed by atoms with Gasteiger partial charge in [0.25, 0.3) is 0 Å². The van der Waals surface area contributed by atoms with E-state index in [9.17, 15) is 14.9 Å². The lowest BCUT2D eigenvalue weighted by atomic mass is 10.1. The maximum absolute atomic E-state index is 11.0. The molecule has 0 unspecified atom stereocenters. The van der Waals surface area contributed by atoms with Gasteiger partial charge in [0.05, 0.1) is 4.92 Å². The second-order valence-corrected chi connectivity index (χ2v) is 3.76. The first-order valence-corrected chi connectivity index (χ1v) is 5.35. The molecule has 0 amide bonds. The molecule has 2 N–H and O–H groups in total. The van der Waals surface area contributed by atoms with Crippen molar-refractivity contribution >= 4 is 17.3 Å². The normalized spacial score (nSPS) is 10.1. The van der Waals surface area contributed by atoms with Crippen molar-refractivity contribution in [1.29, 1.82) is 0 Å². The van der Waals surface area contributed by atoms with Gasteiger partial charge in [0.1, 0.15) is 11.3 Å². The molecule has 0 aliphatic rings. The van der Waals surface area contributed by atoms with Crippen LogP contribution in [0.25, 0.3) is 0 Å². The second-order valence-electron chi connectivity index (χ2n) is 3.76. The number of carbonyl (C=O) groups is 1. The third-order valence-electron chi connectivity index (χ3n) is 2.54. The molecule has 1 aromatic carbocycles. The number of nitrogens with zero attached hydrogens (tertiary/aromatic N) is 2. The number of carboxylic acid groups (broad SMARTS) is 1. The molecule has 0 atom stereocenters. The molecule has 7 nitrogen and oxygen atoms in total. The molecule has 0 radical (unpaired) electrons. The van der Waals surface area contributed by atoms with E-state index < -0.39 is 10.9 Å². The van der Waals surface area contributed by atoms with E-state index in [1.165, 1.54) is 12.1 Å². The number of rotatable bonds is 6. The Labute approximate surface area is 104 Å². The van der Waals surface area contributed by atoms with Crippen LogP contribution in [0.1, 0.15) is 10.4 Å². The van der Waals surface area contributed by atoms with Crippen molar-refractivity contribution in [2.24, 2.45) is 0 Å². The summed E-state index contributed by atoms with van der Waals surface area (Å²) < 4.78 is 0. The van der Waals surface area contributed by atoms with Crippen LogP contribution in [-0.2, 0) is 0 Å². The number of hydrogen-bond acceptors (Lipinski definition) is 5. The van der Waals surface area contributed by atoms with Gasteiger partial charge in [-0.05, 0) is 19.2 Å². The van der Waals surface area contributed by atoms with Crippen molar-refractivity contribution in [3.8, 4) is 0 Å². The summed E-state index contributed by atoms with van der Waals surface area (Å²) in [5.74, 6) is -1.30. The Morgan fingerprint density at radius 3 is 2.72 bits per heavy atom. The lowest BCUT2D eigenvalue weighted by Gasteiger charge is -2.19. The zero-order chi connectivity index (χ0) is 13.7. The van der Waals surface area contributed by atoms with Crippen molar-refractivity contribution in [3.05, 3.63) is 33.9 Å². The zero-order valence-corrected chi connectivity index (χ0v) is 10.2. The number of aromatic carboxylic acids is 1. The van der Waals surface area contributed by atoms with Crippen molar-refractivity contribution < 1.29 is 14.8 Å². The molecule has 0 aromatic heterocycles. The molecule has 0 bridgehead atoms. The van der Waals surface area contributed by atoms with E-state index in [-0.39, 0.29) is 11.3 Å². The third kappa shape index (κ3) is 2.95. The fourth-order valence-corrected chi connectivity index (χ4v) is 1.60. The molecule has 1 rings (SSSR count). The Bertz CT molecular complexity index is 462. The van der Waals surface area contributed by atoms with Crippen LogP contribution >= 0.6 is 0 Å². The maximum atomic E-state index is 11.0. The van der Waals surface area contributed by atoms with Crippen LogP contribution in [0.2, 0.25) is 0 Å². The summed E-state index contributed by atoms with van der Waals surface area (Å²) in [5, 5.41) is 22.9. The Balaban J connectivity index is 3.22. The number of carboxylic acids is 1. The Morgan fingerprint density at radius 1 is 1.56 bits per heavy atom. The first kappa shape index (κ1) is 13.9. The first-order chi connectivity index (χ1) is 8.49. The van der Waals surface area contributed by atoms with Crippen LogP contribution in [0.5, 0.6) is 0 Å². The van der Waals surface area contributed by atoms with Gasteiger partial charge in [-0.15, -0.1) is 0 Å². The monoisotopic (exact) mass is 253 g/mol. The highest BCUT2D eigenvalue weighted by Gasteiger charge is 2.25. The Morgan fingerprint density at radius 2 is 2.22 bits per heavy atom. The third-order valence-corrected chi connectivity index (χ3v) is 2.54. The van der Waals surface area contributed by atoms with Crippen LogP contribution < -0.4 is 10.2 Å². The van der Waals surface area contributed by atoms with Gasteiger partial charge in [-0.3, -0.25) is 10.1 Å². The summed E-state index contributed by atoms with van der Waals surface area (Å²) in [4.78, 5) is 23.0. The van der Waals surface area contributed by atoms with Crippen molar-refractivity contribution in [2.45, 2.75) is 0 Å². The molecule has 98 valence electrons. The topological polar surface area (TPSA) is 95.7 Å². The SMILES string of the molecule is CNCCN(C)c1cccc(C(=O)O)c1[N+](=O)[O-]. The lowest BCUT2D eigenvalue weighted by molar-refractivity contribution is -0.384. The number of nitrogens with one attached hydrogen (secondary N) is 1. The number of hydrogen-bond donors (Lipinski definition) is 2. The van der Waals surface area contributed by atoms with Crippen LogP contribution in [0.4, 0.5) is 11.4 Å². The molecule has 0 aliphatic heterocycles. The quantitative estimate of drug-likeness (QED) is 0.579. The molecule has 1 aromatic rings. The van der Waals surface area contributed by atoms with E-state index >= 15 is 0 Å². The number of para-hydroxylation sites is 1. The van der Waals surface area contributed by atoms with Gasteiger partial charge >= 0.3 is 11.7 Å². The molecule has 0 saturated heterocycles. The summed E-state index contributed by atoms with van der Waals surface area (Å²) in [5.41, 5.74) is -0.368. The fraction of sp³-hybridized carbons (Fsp3) is 0.364. The van der Waals surface area contributed by atoms with Gasteiger partial charge in [0, 0.05) is 20.1 Å². The minimum absolute atomic E-state index is 0.297. The molecule has 0 spiro atoms. The number of nitro groups is 1. The average molecular weight is 253 g/mol. The molecule has 0 saturated carbocycles. The largest absolute Gasteiger partial charge is 0.477 e. The molecule has 0 aliphatic carbocycles. The summed E-state index contributed by atoms with van der Waals surface area (Å²) in [6, 6.07) is 4.28. The van der Waals surface area contributed by atoms with Crippen LogP contribution in [0, 0.1) is 10.1 Å². The van der Waals surface area contributed by atoms with Crippen LogP contribution in [-0.4, -0.2) is 43.2 Å². The smallest absolute Gasteiger partial charge is 0.342 e. The van der Waals surface area contributed by atoms with Crippen molar-refractivity contribution in [2.75, 3.05) is 32.1 Å². The second kappa shape index (κ2) is 5.97. The van der Waals surface area contributed by atoms with Gasteiger partial charge in [-0.25, -0.2) is 4.79 Å². The highest BCUT2D eigenvalue weighted by atomic mass is 16.6. The van der Waals surface area contributed by atoms with Crippen molar-refractivity contribution in [3.63, 3.8) is 0 Å². The predicted molar refractivity (Wildman–Crippen MR) is 67.3 cm³/mol. The predicted octanol–water partition coefficient (Wildman–Crippen LogP) is 0.949. The van der Waals surface area contributed by atoms with Gasteiger partial charge in [0.15, 0.2) is 0 Å². The molecule has 18 heavy (non-hydrogen) atoms. The number of likely N-dealkylation sites (N-methyl/N-ethyl adjacent to an activating group) is 2. The lowest BCUT2D eigenvalue weighted by Crippen LogP contribution is -2.27. The van der Waals surface area contributed by atoms with Crippen molar-refractivity contribution in [1.82, 2.24) is 5.32 Å². The van der Waals surface area contributed by atoms with Gasteiger partial charge in [-0.2, -0.15) is 0 Å². The van der Waals surface area contributed by atoms with Gasteiger partial charge in [-0.1, -0.05) is 6.07 Å². The minimum Gasteiger partial charge on any atom is -0.477 e. The van der Waals surface area contributed by atoms with E-state index in [1.807, 2.05) is 0 Å². The maximum Gasteiger partial charge on any atom is 0.342 e. The van der Waals surface area contributed by atoms with E-state index in [1.54, 1.807) is 25.1 Å². The fourth-order valence-electron chi connectivity index (χ4n) is 1.60. The molecule has 0 heterocycles. The summed E-state index contributed by atoms with van der Waals surface area (Å²) >= 11 is 0. The summed E-state index contributed by atoms with van der Waals surface area (Å²) in [7, 11) is 3.46. The number of anilines is 1. The van der Waals surface area contributed by atoms with Crippen LogP contribution in [0.15, 0.2) is 18.2 Å². The number of nitro benzene ring substituents is 1. The standard InChI is InChI=1S/C11H15N3O4/c1-12-6-7-13(2)9-5-3-4-8(11(15)16)10(9)14(17)18/h3-5,12H,6-7H2,1-2H3,(H,15,16). The van der Waals surface area contributed by atoms with E-state index in [2.05, 4.69) is 5.32 Å². The number of benzene rings is 1. The van der Waals surface area contributed by atoms with Gasteiger partial charge < -0.3 is 15.3 Å². The first-order valence-electron chi connectivity index (χ1n) is 5.35. The molecule has 7 heteroatoms. The highest BCUT2D eigenvalue weighted by molar-refractivity contribution is 5.95. The van der Waals surface area contributed by atoms with Crippen LogP contribution in [0.3, 0.4) is 0 Å².